The molecule has 0 aliphatic heterocycles. The largest absolute Gasteiger partial charge is 0.356 e. The number of hydrogen-bond donors (Lipinski definition) is 0. The highest BCUT2D eigenvalue weighted by Crippen LogP contribution is 2.24. The molecule has 2 rings (SSSR count). The van der Waals surface area contributed by atoms with Gasteiger partial charge < -0.3 is 4.52 Å². The van der Waals surface area contributed by atoms with E-state index in [1.54, 1.807) is 24.4 Å². The van der Waals surface area contributed by atoms with E-state index in [9.17, 15) is 4.39 Å². The molecule has 4 heteroatoms. The SMILES string of the molecule is Fc1ccc(-c2ccno2)cc1Br. The molecular weight excluding hydrogens is 237 g/mol. The lowest BCUT2D eigenvalue weighted by Gasteiger charge is -1.97. The van der Waals surface area contributed by atoms with Crippen molar-refractivity contribution in [2.45, 2.75) is 0 Å². The molecule has 66 valence electrons. The molecule has 1 heterocycles. The molecule has 0 bridgehead atoms. The van der Waals surface area contributed by atoms with Crippen molar-refractivity contribution in [3.05, 3.63) is 40.8 Å². The highest BCUT2D eigenvalue weighted by atomic mass is 79.9. The second-order valence-corrected chi connectivity index (χ2v) is 3.36. The van der Waals surface area contributed by atoms with Crippen molar-refractivity contribution in [3.8, 4) is 11.3 Å². The number of aromatic nitrogens is 1. The maximum atomic E-state index is 12.8. The quantitative estimate of drug-likeness (QED) is 0.767. The first kappa shape index (κ1) is 8.44. The third kappa shape index (κ3) is 1.62. The second-order valence-electron chi connectivity index (χ2n) is 2.51. The van der Waals surface area contributed by atoms with Crippen molar-refractivity contribution in [1.29, 1.82) is 0 Å². The standard InChI is InChI=1S/C9H5BrFNO/c10-7-5-6(1-2-8(7)11)9-3-4-12-13-9/h1-5H. The maximum Gasteiger partial charge on any atom is 0.166 e. The van der Waals surface area contributed by atoms with Crippen LogP contribution in [0.3, 0.4) is 0 Å². The molecule has 0 aliphatic rings. The Balaban J connectivity index is 2.49. The summed E-state index contributed by atoms with van der Waals surface area (Å²) in [5.74, 6) is 0.337. The zero-order valence-corrected chi connectivity index (χ0v) is 8.08. The fraction of sp³-hybridized carbons (Fsp3) is 0. The van der Waals surface area contributed by atoms with E-state index in [1.165, 1.54) is 6.07 Å². The van der Waals surface area contributed by atoms with Gasteiger partial charge in [-0.05, 0) is 34.1 Å². The van der Waals surface area contributed by atoms with Gasteiger partial charge in [0.15, 0.2) is 5.76 Å². The summed E-state index contributed by atoms with van der Waals surface area (Å²) >= 11 is 3.09. The fourth-order valence-electron chi connectivity index (χ4n) is 1.01. The third-order valence-corrected chi connectivity index (χ3v) is 2.25. The van der Waals surface area contributed by atoms with Gasteiger partial charge in [0.05, 0.1) is 10.7 Å². The molecule has 0 amide bonds. The normalized spacial score (nSPS) is 10.3. The second kappa shape index (κ2) is 3.30. The minimum atomic E-state index is -0.289. The number of benzene rings is 1. The molecule has 1 aromatic carbocycles. The zero-order chi connectivity index (χ0) is 9.26. The Morgan fingerprint density at radius 2 is 2.15 bits per heavy atom. The molecule has 0 radical (unpaired) electrons. The number of hydrogen-bond acceptors (Lipinski definition) is 2. The van der Waals surface area contributed by atoms with Crippen LogP contribution in [0.2, 0.25) is 0 Å². The Morgan fingerprint density at radius 1 is 1.31 bits per heavy atom. The van der Waals surface area contributed by atoms with Crippen LogP contribution in [0.25, 0.3) is 11.3 Å². The predicted molar refractivity (Wildman–Crippen MR) is 49.6 cm³/mol. The van der Waals surface area contributed by atoms with Gasteiger partial charge in [0.1, 0.15) is 5.82 Å². The molecule has 0 unspecified atom stereocenters. The highest BCUT2D eigenvalue weighted by molar-refractivity contribution is 9.10. The summed E-state index contributed by atoms with van der Waals surface area (Å²) in [5, 5.41) is 3.57. The Labute approximate surface area is 82.5 Å². The van der Waals surface area contributed by atoms with Crippen LogP contribution in [-0.4, -0.2) is 5.16 Å². The van der Waals surface area contributed by atoms with Crippen LogP contribution in [0.15, 0.2) is 39.5 Å². The van der Waals surface area contributed by atoms with Gasteiger partial charge in [0.25, 0.3) is 0 Å². The van der Waals surface area contributed by atoms with E-state index >= 15 is 0 Å². The van der Waals surface area contributed by atoms with Crippen LogP contribution in [0.4, 0.5) is 4.39 Å². The summed E-state index contributed by atoms with van der Waals surface area (Å²) in [4.78, 5) is 0. The lowest BCUT2D eigenvalue weighted by molar-refractivity contribution is 0.432. The minimum Gasteiger partial charge on any atom is -0.356 e. The van der Waals surface area contributed by atoms with E-state index in [0.717, 1.165) is 5.56 Å². The van der Waals surface area contributed by atoms with Gasteiger partial charge in [-0.15, -0.1) is 0 Å². The summed E-state index contributed by atoms with van der Waals surface area (Å²) in [5.41, 5.74) is 0.797. The minimum absolute atomic E-state index is 0.289. The molecule has 0 saturated carbocycles. The lowest BCUT2D eigenvalue weighted by atomic mass is 10.2. The molecule has 0 aliphatic carbocycles. The molecule has 2 nitrogen and oxygen atoms in total. The average molecular weight is 242 g/mol. The van der Waals surface area contributed by atoms with Gasteiger partial charge in [-0.3, -0.25) is 0 Å². The van der Waals surface area contributed by atoms with E-state index in [1.807, 2.05) is 0 Å². The molecule has 0 saturated heterocycles. The van der Waals surface area contributed by atoms with Crippen molar-refractivity contribution in [1.82, 2.24) is 5.16 Å². The number of halogens is 2. The molecular formula is C9H5BrFNO. The molecule has 0 spiro atoms. The first-order valence-corrected chi connectivity index (χ1v) is 4.43. The predicted octanol–water partition coefficient (Wildman–Crippen LogP) is 3.24. The highest BCUT2D eigenvalue weighted by Gasteiger charge is 2.04. The van der Waals surface area contributed by atoms with Crippen LogP contribution in [0, 0.1) is 5.82 Å². The van der Waals surface area contributed by atoms with Crippen LogP contribution in [-0.2, 0) is 0 Å². The van der Waals surface area contributed by atoms with E-state index < -0.39 is 0 Å². The van der Waals surface area contributed by atoms with E-state index in [4.69, 9.17) is 4.52 Å². The summed E-state index contributed by atoms with van der Waals surface area (Å²) in [6.07, 6.45) is 1.55. The molecule has 0 atom stereocenters. The first-order valence-electron chi connectivity index (χ1n) is 3.63. The van der Waals surface area contributed by atoms with Crippen LogP contribution < -0.4 is 0 Å². The fourth-order valence-corrected chi connectivity index (χ4v) is 1.39. The van der Waals surface area contributed by atoms with E-state index in [-0.39, 0.29) is 5.82 Å². The monoisotopic (exact) mass is 241 g/mol. The van der Waals surface area contributed by atoms with Gasteiger partial charge in [0, 0.05) is 11.6 Å². The van der Waals surface area contributed by atoms with Crippen molar-refractivity contribution in [2.24, 2.45) is 0 Å². The molecule has 0 fully saturated rings. The molecule has 0 N–H and O–H groups in total. The van der Waals surface area contributed by atoms with Gasteiger partial charge in [-0.1, -0.05) is 5.16 Å². The van der Waals surface area contributed by atoms with E-state index in [0.29, 0.717) is 10.2 Å². The lowest BCUT2D eigenvalue weighted by Crippen LogP contribution is -1.78. The Kier molecular flexibility index (Phi) is 2.14. The summed E-state index contributed by atoms with van der Waals surface area (Å²) in [6.45, 7) is 0. The Bertz CT molecular complexity index is 414. The van der Waals surface area contributed by atoms with Crippen molar-refractivity contribution in [3.63, 3.8) is 0 Å². The zero-order valence-electron chi connectivity index (χ0n) is 6.50. The number of nitrogens with zero attached hydrogens (tertiary/aromatic N) is 1. The average Bonchev–Trinajstić information content (AvgIpc) is 2.62. The van der Waals surface area contributed by atoms with Gasteiger partial charge >= 0.3 is 0 Å². The maximum absolute atomic E-state index is 12.8. The first-order chi connectivity index (χ1) is 6.27. The third-order valence-electron chi connectivity index (χ3n) is 1.64. The van der Waals surface area contributed by atoms with Crippen molar-refractivity contribution in [2.75, 3.05) is 0 Å². The Morgan fingerprint density at radius 3 is 2.77 bits per heavy atom. The summed E-state index contributed by atoms with van der Waals surface area (Å²) in [7, 11) is 0. The molecule has 1 aromatic heterocycles. The smallest absolute Gasteiger partial charge is 0.166 e. The Hall–Kier alpha value is -1.16. The summed E-state index contributed by atoms with van der Waals surface area (Å²) < 4.78 is 18.2. The van der Waals surface area contributed by atoms with Crippen LogP contribution >= 0.6 is 15.9 Å². The van der Waals surface area contributed by atoms with Crippen LogP contribution in [0.5, 0.6) is 0 Å². The topological polar surface area (TPSA) is 26.0 Å². The van der Waals surface area contributed by atoms with Gasteiger partial charge in [0.2, 0.25) is 0 Å². The van der Waals surface area contributed by atoms with Gasteiger partial charge in [-0.25, -0.2) is 4.39 Å². The van der Waals surface area contributed by atoms with E-state index in [2.05, 4.69) is 21.1 Å². The number of rotatable bonds is 1. The van der Waals surface area contributed by atoms with Gasteiger partial charge in [-0.2, -0.15) is 0 Å². The van der Waals surface area contributed by atoms with Crippen LogP contribution in [0.1, 0.15) is 0 Å². The molecule has 13 heavy (non-hydrogen) atoms. The van der Waals surface area contributed by atoms with Crippen molar-refractivity contribution >= 4 is 15.9 Å². The molecule has 2 aromatic rings. The van der Waals surface area contributed by atoms with Crippen molar-refractivity contribution < 1.29 is 8.91 Å². The summed E-state index contributed by atoms with van der Waals surface area (Å²) in [6, 6.07) is 6.39.